The largest absolute Gasteiger partial charge is 0.393 e. The predicted octanol–water partition coefficient (Wildman–Crippen LogP) is 5.25. The molecule has 0 saturated heterocycles. The van der Waals surface area contributed by atoms with Crippen LogP contribution in [-0.4, -0.2) is 33.1 Å². The van der Waals surface area contributed by atoms with Crippen LogP contribution < -0.4 is 0 Å². The van der Waals surface area contributed by atoms with Gasteiger partial charge in [0.1, 0.15) is 11.7 Å². The third kappa shape index (κ3) is 3.18. The van der Waals surface area contributed by atoms with E-state index in [1.165, 1.54) is 31.3 Å². The number of aliphatic hydroxyl groups is 3. The van der Waals surface area contributed by atoms with Gasteiger partial charge < -0.3 is 15.3 Å². The number of fused-ring (bicyclic) bond motifs is 5. The van der Waals surface area contributed by atoms with Crippen molar-refractivity contribution in [2.24, 2.45) is 40.4 Å². The first-order valence-electron chi connectivity index (χ1n) is 12.5. The molecular formula is C27H44O3. The molecular weight excluding hydrogens is 372 g/mol. The Kier molecular flexibility index (Phi) is 5.82. The van der Waals surface area contributed by atoms with Gasteiger partial charge in [-0.2, -0.15) is 0 Å². The van der Waals surface area contributed by atoms with Crippen molar-refractivity contribution in [3.05, 3.63) is 23.8 Å². The van der Waals surface area contributed by atoms with E-state index in [4.69, 9.17) is 0 Å². The van der Waals surface area contributed by atoms with Gasteiger partial charge in [0, 0.05) is 11.8 Å². The van der Waals surface area contributed by atoms with Gasteiger partial charge in [0.15, 0.2) is 0 Å². The first-order valence-corrected chi connectivity index (χ1v) is 12.5. The molecule has 0 spiro atoms. The highest BCUT2D eigenvalue weighted by Crippen LogP contribution is 2.67. The Balaban J connectivity index is 1.63. The highest BCUT2D eigenvalue weighted by molar-refractivity contribution is 5.33. The highest BCUT2D eigenvalue weighted by Gasteiger charge is 2.64. The van der Waals surface area contributed by atoms with Crippen molar-refractivity contribution in [3.63, 3.8) is 0 Å². The van der Waals surface area contributed by atoms with E-state index < -0.39 is 17.8 Å². The van der Waals surface area contributed by atoms with Gasteiger partial charge in [0.2, 0.25) is 0 Å². The Hall–Kier alpha value is -0.640. The molecule has 0 heterocycles. The molecule has 0 aromatic carbocycles. The number of aliphatic hydroxyl groups excluding tert-OH is 2. The average molecular weight is 417 g/mol. The second kappa shape index (κ2) is 7.74. The van der Waals surface area contributed by atoms with Crippen molar-refractivity contribution in [2.75, 3.05) is 0 Å². The third-order valence-electron chi connectivity index (χ3n) is 10.3. The first-order chi connectivity index (χ1) is 14.1. The van der Waals surface area contributed by atoms with Gasteiger partial charge in [-0.05, 0) is 73.5 Å². The second-order valence-electron chi connectivity index (χ2n) is 11.8. The van der Waals surface area contributed by atoms with Gasteiger partial charge in [-0.1, -0.05) is 64.8 Å². The maximum absolute atomic E-state index is 11.6. The molecule has 3 saturated carbocycles. The molecule has 4 rings (SSSR count). The number of hydrogen-bond acceptors (Lipinski definition) is 3. The van der Waals surface area contributed by atoms with Gasteiger partial charge in [-0.25, -0.2) is 0 Å². The number of rotatable bonds is 4. The van der Waals surface area contributed by atoms with Crippen LogP contribution in [0.4, 0.5) is 0 Å². The van der Waals surface area contributed by atoms with Crippen molar-refractivity contribution in [1.82, 2.24) is 0 Å². The fourth-order valence-electron chi connectivity index (χ4n) is 8.09. The molecule has 0 aromatic heterocycles. The van der Waals surface area contributed by atoms with E-state index in [1.54, 1.807) is 0 Å². The van der Waals surface area contributed by atoms with Crippen LogP contribution in [0.2, 0.25) is 0 Å². The van der Waals surface area contributed by atoms with Crippen molar-refractivity contribution in [1.29, 1.82) is 0 Å². The minimum atomic E-state index is -1.20. The van der Waals surface area contributed by atoms with Crippen LogP contribution in [0.3, 0.4) is 0 Å². The molecule has 1 unspecified atom stereocenters. The maximum Gasteiger partial charge on any atom is 0.102 e. The van der Waals surface area contributed by atoms with Crippen molar-refractivity contribution < 1.29 is 15.3 Å². The monoisotopic (exact) mass is 416 g/mol. The zero-order valence-electron chi connectivity index (χ0n) is 19.8. The van der Waals surface area contributed by atoms with Gasteiger partial charge >= 0.3 is 0 Å². The molecule has 30 heavy (non-hydrogen) atoms. The van der Waals surface area contributed by atoms with Gasteiger partial charge in [-0.3, -0.25) is 0 Å². The summed E-state index contributed by atoms with van der Waals surface area (Å²) in [6, 6.07) is 0. The van der Waals surface area contributed by atoms with Crippen LogP contribution in [0.15, 0.2) is 23.8 Å². The van der Waals surface area contributed by atoms with Gasteiger partial charge in [0.25, 0.3) is 0 Å². The summed E-state index contributed by atoms with van der Waals surface area (Å²) in [6.07, 6.45) is 13.3. The van der Waals surface area contributed by atoms with Crippen LogP contribution in [0.5, 0.6) is 0 Å². The van der Waals surface area contributed by atoms with E-state index in [2.05, 4.69) is 46.8 Å². The molecule has 4 aliphatic carbocycles. The zero-order chi connectivity index (χ0) is 21.9. The molecule has 3 N–H and O–H groups in total. The molecule has 10 atom stereocenters. The summed E-state index contributed by atoms with van der Waals surface area (Å²) < 4.78 is 0. The van der Waals surface area contributed by atoms with Gasteiger partial charge in [0.05, 0.1) is 6.10 Å². The molecule has 0 aromatic rings. The SMILES string of the molecule is CCC(C)/C=C/[C@@H](C)[C@H]1CC[C@H]2C3=C[C@@H](O)[C@@]4(O)C[C@@H](O)CC[C@]4(C)[C@H]3CC[C@]12C. The fraction of sp³-hybridized carbons (Fsp3) is 0.852. The number of hydrogen-bond donors (Lipinski definition) is 3. The normalized spacial score (nSPS) is 50.4. The highest BCUT2D eigenvalue weighted by atomic mass is 16.3. The quantitative estimate of drug-likeness (QED) is 0.549. The lowest BCUT2D eigenvalue weighted by molar-refractivity contribution is -0.210. The minimum Gasteiger partial charge on any atom is -0.393 e. The molecule has 3 nitrogen and oxygen atoms in total. The van der Waals surface area contributed by atoms with Crippen molar-refractivity contribution in [3.8, 4) is 0 Å². The Bertz CT molecular complexity index is 713. The van der Waals surface area contributed by atoms with E-state index in [9.17, 15) is 15.3 Å². The lowest BCUT2D eigenvalue weighted by atomic mass is 9.45. The standard InChI is InChI=1S/C27H44O3/c1-6-17(2)7-8-18(3)21-9-10-22-20-15-24(29)27(30)16-19(28)11-14-26(27,5)23(20)12-13-25(21,22)4/h7-8,15,17-19,21-24,28-30H,6,9-14,16H2,1-5H3/b8-7+/t17?,18-,19+,21-,22+,23+,24-,25-,26-,27+/m1/s1. The van der Waals surface area contributed by atoms with Crippen LogP contribution in [0.25, 0.3) is 0 Å². The summed E-state index contributed by atoms with van der Waals surface area (Å²) in [6.45, 7) is 11.6. The number of allylic oxidation sites excluding steroid dienone is 3. The van der Waals surface area contributed by atoms with E-state index in [-0.39, 0.29) is 10.8 Å². The van der Waals surface area contributed by atoms with Gasteiger partial charge in [-0.15, -0.1) is 0 Å². The summed E-state index contributed by atoms with van der Waals surface area (Å²) in [5, 5.41) is 32.9. The molecule has 170 valence electrons. The summed E-state index contributed by atoms with van der Waals surface area (Å²) >= 11 is 0. The topological polar surface area (TPSA) is 60.7 Å². The summed E-state index contributed by atoms with van der Waals surface area (Å²) in [5.74, 6) is 2.76. The lowest BCUT2D eigenvalue weighted by Crippen LogP contribution is -2.65. The van der Waals surface area contributed by atoms with E-state index in [0.29, 0.717) is 36.0 Å². The molecule has 3 fully saturated rings. The lowest BCUT2D eigenvalue weighted by Gasteiger charge is -2.62. The zero-order valence-corrected chi connectivity index (χ0v) is 19.8. The molecule has 0 bridgehead atoms. The molecule has 0 amide bonds. The van der Waals surface area contributed by atoms with E-state index in [1.807, 2.05) is 6.08 Å². The fourth-order valence-corrected chi connectivity index (χ4v) is 8.09. The molecule has 3 heteroatoms. The van der Waals surface area contributed by atoms with E-state index in [0.717, 1.165) is 19.3 Å². The Morgan fingerprint density at radius 2 is 1.77 bits per heavy atom. The summed E-state index contributed by atoms with van der Waals surface area (Å²) in [5.41, 5.74) is 0.176. The summed E-state index contributed by atoms with van der Waals surface area (Å²) in [4.78, 5) is 0. The second-order valence-corrected chi connectivity index (χ2v) is 11.8. The maximum atomic E-state index is 11.6. The summed E-state index contributed by atoms with van der Waals surface area (Å²) in [7, 11) is 0. The van der Waals surface area contributed by atoms with Crippen LogP contribution >= 0.6 is 0 Å². The average Bonchev–Trinajstić information content (AvgIpc) is 3.06. The predicted molar refractivity (Wildman–Crippen MR) is 122 cm³/mol. The Labute approximate surface area is 183 Å². The molecule has 4 aliphatic rings. The first kappa shape index (κ1) is 22.6. The smallest absolute Gasteiger partial charge is 0.102 e. The Morgan fingerprint density at radius 3 is 2.47 bits per heavy atom. The van der Waals surface area contributed by atoms with E-state index >= 15 is 0 Å². The van der Waals surface area contributed by atoms with Crippen LogP contribution in [0, 0.1) is 40.4 Å². The molecule has 0 aliphatic heterocycles. The van der Waals surface area contributed by atoms with Crippen molar-refractivity contribution in [2.45, 2.75) is 104 Å². The van der Waals surface area contributed by atoms with Crippen molar-refractivity contribution >= 4 is 0 Å². The third-order valence-corrected chi connectivity index (χ3v) is 10.3. The minimum absolute atomic E-state index is 0.279. The Morgan fingerprint density at radius 1 is 1.03 bits per heavy atom. The van der Waals surface area contributed by atoms with Crippen LogP contribution in [0.1, 0.15) is 86.0 Å². The van der Waals surface area contributed by atoms with Crippen LogP contribution in [-0.2, 0) is 0 Å². The molecule has 0 radical (unpaired) electrons.